The Labute approximate surface area is 135 Å². The average molecular weight is 310 g/mol. The van der Waals surface area contributed by atoms with Crippen molar-refractivity contribution in [1.82, 2.24) is 15.5 Å². The van der Waals surface area contributed by atoms with Crippen LogP contribution in [0.3, 0.4) is 0 Å². The number of nitrogens with zero attached hydrogens (tertiary/aromatic N) is 2. The van der Waals surface area contributed by atoms with Crippen molar-refractivity contribution >= 4 is 5.96 Å². The third-order valence-electron chi connectivity index (χ3n) is 4.94. The monoisotopic (exact) mass is 310 g/mol. The fourth-order valence-corrected chi connectivity index (χ4v) is 3.65. The Morgan fingerprint density at radius 2 is 2.00 bits per heavy atom. The van der Waals surface area contributed by atoms with Gasteiger partial charge < -0.3 is 15.4 Å². The van der Waals surface area contributed by atoms with Gasteiger partial charge >= 0.3 is 0 Å². The van der Waals surface area contributed by atoms with Crippen molar-refractivity contribution in [2.45, 2.75) is 63.5 Å². The molecule has 2 fully saturated rings. The maximum Gasteiger partial charge on any atom is 0.191 e. The van der Waals surface area contributed by atoms with Gasteiger partial charge in [-0.2, -0.15) is 0 Å². The molecule has 0 aromatic rings. The summed E-state index contributed by atoms with van der Waals surface area (Å²) in [6, 6.07) is 1.41. The Balaban J connectivity index is 1.59. The summed E-state index contributed by atoms with van der Waals surface area (Å²) in [5.74, 6) is 0.963. The van der Waals surface area contributed by atoms with Crippen molar-refractivity contribution in [3.63, 3.8) is 0 Å². The first kappa shape index (κ1) is 17.5. The number of ether oxygens (including phenoxy) is 1. The van der Waals surface area contributed by atoms with Gasteiger partial charge in [0, 0.05) is 52.5 Å². The van der Waals surface area contributed by atoms with E-state index in [2.05, 4.69) is 20.5 Å². The molecule has 1 saturated heterocycles. The first-order valence-electron chi connectivity index (χ1n) is 9.03. The molecule has 1 aliphatic carbocycles. The predicted molar refractivity (Wildman–Crippen MR) is 92.5 cm³/mol. The molecule has 0 aromatic carbocycles. The van der Waals surface area contributed by atoms with Gasteiger partial charge in [0.1, 0.15) is 0 Å². The number of methoxy groups -OCH3 is 1. The second-order valence-corrected chi connectivity index (χ2v) is 6.62. The largest absolute Gasteiger partial charge is 0.385 e. The van der Waals surface area contributed by atoms with Gasteiger partial charge in [-0.3, -0.25) is 9.89 Å². The molecular weight excluding hydrogens is 276 g/mol. The summed E-state index contributed by atoms with van der Waals surface area (Å²) in [6.07, 6.45) is 10.4. The Kier molecular flexibility index (Phi) is 8.02. The first-order valence-corrected chi connectivity index (χ1v) is 9.03. The minimum Gasteiger partial charge on any atom is -0.385 e. The lowest BCUT2D eigenvalue weighted by Crippen LogP contribution is -2.45. The zero-order valence-corrected chi connectivity index (χ0v) is 14.4. The molecule has 1 atom stereocenters. The summed E-state index contributed by atoms with van der Waals surface area (Å²) < 4.78 is 5.07. The molecule has 5 nitrogen and oxygen atoms in total. The average Bonchev–Trinajstić information content (AvgIpc) is 3.20. The number of rotatable bonds is 8. The van der Waals surface area contributed by atoms with E-state index in [1.54, 1.807) is 7.11 Å². The van der Waals surface area contributed by atoms with Crippen LogP contribution in [0, 0.1) is 0 Å². The highest BCUT2D eigenvalue weighted by molar-refractivity contribution is 5.79. The SMILES string of the molecule is CN=C(NCCCCCOC)NC1CCN(C2CCCC2)C1. The zero-order valence-electron chi connectivity index (χ0n) is 14.4. The molecule has 1 aliphatic heterocycles. The number of unbranched alkanes of at least 4 members (excludes halogenated alkanes) is 2. The number of guanidine groups is 1. The molecule has 1 heterocycles. The van der Waals surface area contributed by atoms with Gasteiger partial charge in [-0.25, -0.2) is 0 Å². The van der Waals surface area contributed by atoms with Crippen LogP contribution in [0.25, 0.3) is 0 Å². The van der Waals surface area contributed by atoms with Gasteiger partial charge in [0.25, 0.3) is 0 Å². The van der Waals surface area contributed by atoms with Crippen LogP contribution in [0.2, 0.25) is 0 Å². The van der Waals surface area contributed by atoms with Gasteiger partial charge in [-0.15, -0.1) is 0 Å². The van der Waals surface area contributed by atoms with E-state index < -0.39 is 0 Å². The molecule has 1 unspecified atom stereocenters. The van der Waals surface area contributed by atoms with Gasteiger partial charge in [0.05, 0.1) is 0 Å². The molecular formula is C17H34N4O. The summed E-state index contributed by atoms with van der Waals surface area (Å²) in [5, 5.41) is 7.03. The smallest absolute Gasteiger partial charge is 0.191 e. The summed E-state index contributed by atoms with van der Waals surface area (Å²) in [7, 11) is 3.63. The third-order valence-corrected chi connectivity index (χ3v) is 4.94. The minimum absolute atomic E-state index is 0.556. The Morgan fingerprint density at radius 3 is 2.73 bits per heavy atom. The van der Waals surface area contributed by atoms with Gasteiger partial charge in [0.2, 0.25) is 0 Å². The van der Waals surface area contributed by atoms with Crippen molar-refractivity contribution in [3.05, 3.63) is 0 Å². The fraction of sp³-hybridized carbons (Fsp3) is 0.941. The molecule has 5 heteroatoms. The quantitative estimate of drug-likeness (QED) is 0.409. The summed E-state index contributed by atoms with van der Waals surface area (Å²) in [6.45, 7) is 4.28. The number of likely N-dealkylation sites (tertiary alicyclic amines) is 1. The van der Waals surface area contributed by atoms with Crippen LogP contribution in [-0.4, -0.2) is 63.3 Å². The first-order chi connectivity index (χ1) is 10.8. The number of nitrogens with one attached hydrogen (secondary N) is 2. The Bertz CT molecular complexity index is 329. The lowest BCUT2D eigenvalue weighted by Gasteiger charge is -2.24. The van der Waals surface area contributed by atoms with Crippen molar-refractivity contribution < 1.29 is 4.74 Å². The van der Waals surface area contributed by atoms with Crippen molar-refractivity contribution in [2.24, 2.45) is 4.99 Å². The topological polar surface area (TPSA) is 48.9 Å². The summed E-state index contributed by atoms with van der Waals surface area (Å²) in [4.78, 5) is 7.04. The molecule has 0 spiro atoms. The summed E-state index contributed by atoms with van der Waals surface area (Å²) >= 11 is 0. The fourth-order valence-electron chi connectivity index (χ4n) is 3.65. The Morgan fingerprint density at radius 1 is 1.18 bits per heavy atom. The van der Waals surface area contributed by atoms with E-state index in [1.807, 2.05) is 7.05 Å². The van der Waals surface area contributed by atoms with Crippen LogP contribution in [0.15, 0.2) is 4.99 Å². The van der Waals surface area contributed by atoms with Gasteiger partial charge in [-0.1, -0.05) is 12.8 Å². The maximum atomic E-state index is 5.07. The molecule has 2 rings (SSSR count). The standard InChI is InChI=1S/C17H34N4O/c1-18-17(19-11-6-3-7-13-22-2)20-15-10-12-21(14-15)16-8-4-5-9-16/h15-16H,3-14H2,1-2H3,(H2,18,19,20). The van der Waals surface area contributed by atoms with Gasteiger partial charge in [0.15, 0.2) is 5.96 Å². The van der Waals surface area contributed by atoms with E-state index in [-0.39, 0.29) is 0 Å². The molecule has 0 amide bonds. The van der Waals surface area contributed by atoms with Crippen molar-refractivity contribution in [3.8, 4) is 0 Å². The van der Waals surface area contributed by atoms with Crippen LogP contribution < -0.4 is 10.6 Å². The van der Waals surface area contributed by atoms with E-state index in [1.165, 1.54) is 58.0 Å². The second-order valence-electron chi connectivity index (χ2n) is 6.62. The third kappa shape index (κ3) is 5.76. The zero-order chi connectivity index (χ0) is 15.6. The number of hydrogen-bond acceptors (Lipinski definition) is 3. The molecule has 1 saturated carbocycles. The highest BCUT2D eigenvalue weighted by Gasteiger charge is 2.30. The highest BCUT2D eigenvalue weighted by atomic mass is 16.5. The van der Waals surface area contributed by atoms with Crippen LogP contribution in [0.4, 0.5) is 0 Å². The highest BCUT2D eigenvalue weighted by Crippen LogP contribution is 2.26. The molecule has 2 aliphatic rings. The van der Waals surface area contributed by atoms with Crippen molar-refractivity contribution in [2.75, 3.05) is 40.4 Å². The molecule has 128 valence electrons. The van der Waals surface area contributed by atoms with E-state index >= 15 is 0 Å². The number of aliphatic imine (C=N–C) groups is 1. The molecule has 0 bridgehead atoms. The van der Waals surface area contributed by atoms with Gasteiger partial charge in [-0.05, 0) is 38.5 Å². The van der Waals surface area contributed by atoms with Crippen LogP contribution >= 0.6 is 0 Å². The van der Waals surface area contributed by atoms with Crippen LogP contribution in [0.5, 0.6) is 0 Å². The maximum absolute atomic E-state index is 5.07. The normalized spacial score (nSPS) is 24.1. The van der Waals surface area contributed by atoms with Crippen molar-refractivity contribution in [1.29, 1.82) is 0 Å². The second kappa shape index (κ2) is 10.1. The van der Waals surface area contributed by atoms with E-state index in [0.717, 1.165) is 31.6 Å². The molecule has 0 aromatic heterocycles. The van der Waals surface area contributed by atoms with E-state index in [4.69, 9.17) is 4.74 Å². The molecule has 0 radical (unpaired) electrons. The molecule has 22 heavy (non-hydrogen) atoms. The molecule has 2 N–H and O–H groups in total. The van der Waals surface area contributed by atoms with Crippen LogP contribution in [0.1, 0.15) is 51.4 Å². The van der Waals surface area contributed by atoms with Crippen LogP contribution in [-0.2, 0) is 4.74 Å². The Hall–Kier alpha value is -0.810. The lowest BCUT2D eigenvalue weighted by molar-refractivity contribution is 0.192. The number of hydrogen-bond donors (Lipinski definition) is 2. The van der Waals surface area contributed by atoms with E-state index in [9.17, 15) is 0 Å². The minimum atomic E-state index is 0.556. The lowest BCUT2D eigenvalue weighted by atomic mass is 10.2. The predicted octanol–water partition coefficient (Wildman–Crippen LogP) is 1.99. The summed E-state index contributed by atoms with van der Waals surface area (Å²) in [5.41, 5.74) is 0. The van der Waals surface area contributed by atoms with E-state index in [0.29, 0.717) is 6.04 Å².